The summed E-state index contributed by atoms with van der Waals surface area (Å²) in [4.78, 5) is 0. The summed E-state index contributed by atoms with van der Waals surface area (Å²) in [6.45, 7) is 5.81. The van der Waals surface area contributed by atoms with Gasteiger partial charge in [0.15, 0.2) is 0 Å². The Morgan fingerprint density at radius 1 is 1.19 bits per heavy atom. The van der Waals surface area contributed by atoms with E-state index < -0.39 is 11.4 Å². The van der Waals surface area contributed by atoms with Gasteiger partial charge in [-0.3, -0.25) is 8.37 Å². The molecule has 98 valence electrons. The van der Waals surface area contributed by atoms with Crippen LogP contribution in [-0.4, -0.2) is 31.1 Å². The molecule has 0 saturated carbocycles. The molecule has 0 aromatic rings. The lowest BCUT2D eigenvalue weighted by molar-refractivity contribution is 0.157. The first-order valence-corrected chi connectivity index (χ1v) is 6.88. The van der Waals surface area contributed by atoms with Crippen molar-refractivity contribution in [3.05, 3.63) is 0 Å². The molecule has 5 heteroatoms. The van der Waals surface area contributed by atoms with E-state index in [4.69, 9.17) is 13.1 Å². The number of rotatable bonds is 11. The zero-order valence-corrected chi connectivity index (χ0v) is 11.4. The summed E-state index contributed by atoms with van der Waals surface area (Å²) in [5, 5.41) is 0. The SMILES string of the molecule is CCCCCOS(=O)OCC(C)CCOC. The van der Waals surface area contributed by atoms with Gasteiger partial charge in [-0.1, -0.05) is 26.7 Å². The Kier molecular flexibility index (Phi) is 11.5. The molecular weight excluding hydrogens is 228 g/mol. The predicted molar refractivity (Wildman–Crippen MR) is 65.2 cm³/mol. The second-order valence-electron chi connectivity index (χ2n) is 3.90. The minimum Gasteiger partial charge on any atom is -0.385 e. The summed E-state index contributed by atoms with van der Waals surface area (Å²) < 4.78 is 26.3. The summed E-state index contributed by atoms with van der Waals surface area (Å²) in [7, 11) is 1.67. The van der Waals surface area contributed by atoms with Crippen LogP contribution in [0.5, 0.6) is 0 Å². The third-order valence-corrected chi connectivity index (χ3v) is 2.88. The highest BCUT2D eigenvalue weighted by atomic mass is 32.2. The van der Waals surface area contributed by atoms with E-state index in [-0.39, 0.29) is 0 Å². The Labute approximate surface area is 102 Å². The first-order valence-electron chi connectivity index (χ1n) is 5.88. The van der Waals surface area contributed by atoms with E-state index in [1.165, 1.54) is 0 Å². The van der Waals surface area contributed by atoms with Gasteiger partial charge in [0.25, 0.3) is 0 Å². The van der Waals surface area contributed by atoms with Crippen LogP contribution in [0.4, 0.5) is 0 Å². The molecule has 0 bridgehead atoms. The molecule has 0 rings (SSSR count). The quantitative estimate of drug-likeness (QED) is 0.530. The van der Waals surface area contributed by atoms with Crippen molar-refractivity contribution in [3.8, 4) is 0 Å². The summed E-state index contributed by atoms with van der Waals surface area (Å²) in [5.74, 6) is 0.336. The first kappa shape index (κ1) is 16.0. The fourth-order valence-electron chi connectivity index (χ4n) is 1.09. The fourth-order valence-corrected chi connectivity index (χ4v) is 1.75. The Hall–Kier alpha value is 0.0300. The molecule has 4 nitrogen and oxygen atoms in total. The highest BCUT2D eigenvalue weighted by Crippen LogP contribution is 2.04. The Bertz CT molecular complexity index is 175. The standard InChI is InChI=1S/C11H24O4S/c1-4-5-6-8-14-16(12)15-10-11(2)7-9-13-3/h11H,4-10H2,1-3H3. The molecule has 0 spiro atoms. The normalized spacial score (nSPS) is 14.9. The predicted octanol–water partition coefficient (Wildman–Crippen LogP) is 2.46. The van der Waals surface area contributed by atoms with Crippen molar-refractivity contribution in [2.24, 2.45) is 5.92 Å². The third-order valence-electron chi connectivity index (χ3n) is 2.19. The van der Waals surface area contributed by atoms with Gasteiger partial charge < -0.3 is 4.74 Å². The zero-order chi connectivity index (χ0) is 12.2. The maximum absolute atomic E-state index is 11.2. The lowest BCUT2D eigenvalue weighted by Crippen LogP contribution is -2.12. The van der Waals surface area contributed by atoms with E-state index >= 15 is 0 Å². The van der Waals surface area contributed by atoms with E-state index in [2.05, 4.69) is 6.92 Å². The number of unbranched alkanes of at least 4 members (excludes halogenated alkanes) is 2. The average Bonchev–Trinajstić information content (AvgIpc) is 2.29. The zero-order valence-electron chi connectivity index (χ0n) is 10.6. The van der Waals surface area contributed by atoms with E-state index in [0.717, 1.165) is 25.7 Å². The van der Waals surface area contributed by atoms with E-state index in [9.17, 15) is 4.21 Å². The summed E-state index contributed by atoms with van der Waals surface area (Å²) in [6, 6.07) is 0. The van der Waals surface area contributed by atoms with Crippen molar-refractivity contribution in [3.63, 3.8) is 0 Å². The summed E-state index contributed by atoms with van der Waals surface area (Å²) >= 11 is -1.59. The van der Waals surface area contributed by atoms with E-state index in [0.29, 0.717) is 25.7 Å². The first-order chi connectivity index (χ1) is 7.70. The van der Waals surface area contributed by atoms with Crippen LogP contribution in [0.1, 0.15) is 39.5 Å². The molecule has 0 fully saturated rings. The molecule has 2 unspecified atom stereocenters. The molecule has 0 saturated heterocycles. The molecule has 0 aliphatic rings. The highest BCUT2D eigenvalue weighted by molar-refractivity contribution is 7.75. The van der Waals surface area contributed by atoms with Crippen LogP contribution in [-0.2, 0) is 24.5 Å². The molecule has 0 aliphatic carbocycles. The smallest absolute Gasteiger partial charge is 0.304 e. The molecule has 0 heterocycles. The van der Waals surface area contributed by atoms with Gasteiger partial charge in [-0.15, -0.1) is 0 Å². The van der Waals surface area contributed by atoms with Crippen LogP contribution in [0.25, 0.3) is 0 Å². The lowest BCUT2D eigenvalue weighted by Gasteiger charge is -2.10. The topological polar surface area (TPSA) is 44.8 Å². The second-order valence-corrected chi connectivity index (χ2v) is 4.78. The van der Waals surface area contributed by atoms with Crippen molar-refractivity contribution in [2.45, 2.75) is 39.5 Å². The second kappa shape index (κ2) is 11.5. The van der Waals surface area contributed by atoms with Crippen molar-refractivity contribution in [1.82, 2.24) is 0 Å². The summed E-state index contributed by atoms with van der Waals surface area (Å²) in [6.07, 6.45) is 4.07. The number of methoxy groups -OCH3 is 1. The van der Waals surface area contributed by atoms with Crippen LogP contribution in [0.2, 0.25) is 0 Å². The minimum absolute atomic E-state index is 0.336. The summed E-state index contributed by atoms with van der Waals surface area (Å²) in [5.41, 5.74) is 0. The van der Waals surface area contributed by atoms with Gasteiger partial charge >= 0.3 is 11.4 Å². The number of hydrogen-bond donors (Lipinski definition) is 0. The van der Waals surface area contributed by atoms with Crippen molar-refractivity contribution < 1.29 is 17.3 Å². The Balaban J connectivity index is 3.35. The van der Waals surface area contributed by atoms with Crippen LogP contribution in [0.3, 0.4) is 0 Å². The molecule has 0 N–H and O–H groups in total. The lowest BCUT2D eigenvalue weighted by atomic mass is 10.1. The molecule has 0 aromatic carbocycles. The molecular formula is C11H24O4S. The Morgan fingerprint density at radius 3 is 2.56 bits per heavy atom. The van der Waals surface area contributed by atoms with E-state index in [1.54, 1.807) is 7.11 Å². The fraction of sp³-hybridized carbons (Fsp3) is 1.00. The average molecular weight is 252 g/mol. The van der Waals surface area contributed by atoms with Crippen LogP contribution >= 0.6 is 0 Å². The molecule has 0 aliphatic heterocycles. The highest BCUT2D eigenvalue weighted by Gasteiger charge is 2.06. The van der Waals surface area contributed by atoms with Crippen LogP contribution in [0.15, 0.2) is 0 Å². The van der Waals surface area contributed by atoms with Crippen molar-refractivity contribution in [2.75, 3.05) is 26.9 Å². The Morgan fingerprint density at radius 2 is 1.94 bits per heavy atom. The van der Waals surface area contributed by atoms with Gasteiger partial charge in [-0.05, 0) is 18.8 Å². The van der Waals surface area contributed by atoms with Gasteiger partial charge in [0, 0.05) is 13.7 Å². The number of hydrogen-bond acceptors (Lipinski definition) is 4. The minimum atomic E-state index is -1.59. The monoisotopic (exact) mass is 252 g/mol. The van der Waals surface area contributed by atoms with Crippen molar-refractivity contribution >= 4 is 11.4 Å². The largest absolute Gasteiger partial charge is 0.385 e. The van der Waals surface area contributed by atoms with Gasteiger partial charge in [-0.2, -0.15) is 4.21 Å². The van der Waals surface area contributed by atoms with Crippen molar-refractivity contribution in [1.29, 1.82) is 0 Å². The molecule has 0 aromatic heterocycles. The molecule has 0 amide bonds. The van der Waals surface area contributed by atoms with Crippen LogP contribution in [0, 0.1) is 5.92 Å². The maximum Gasteiger partial charge on any atom is 0.304 e. The maximum atomic E-state index is 11.2. The van der Waals surface area contributed by atoms with Gasteiger partial charge in [-0.25, -0.2) is 0 Å². The van der Waals surface area contributed by atoms with Gasteiger partial charge in [0.05, 0.1) is 13.2 Å². The van der Waals surface area contributed by atoms with Crippen LogP contribution < -0.4 is 0 Å². The molecule has 16 heavy (non-hydrogen) atoms. The molecule has 2 atom stereocenters. The third kappa shape index (κ3) is 10.5. The van der Waals surface area contributed by atoms with Gasteiger partial charge in [0.2, 0.25) is 0 Å². The number of ether oxygens (including phenoxy) is 1. The van der Waals surface area contributed by atoms with E-state index in [1.807, 2.05) is 6.92 Å². The van der Waals surface area contributed by atoms with Gasteiger partial charge in [0.1, 0.15) is 0 Å². The molecule has 0 radical (unpaired) electrons.